The van der Waals surface area contributed by atoms with Crippen LogP contribution in [-0.4, -0.2) is 38.7 Å². The molecular weight excluding hydrogens is 288 g/mol. The summed E-state index contributed by atoms with van der Waals surface area (Å²) in [6.45, 7) is 8.36. The Hall–Kier alpha value is -2.37. The van der Waals surface area contributed by atoms with Gasteiger partial charge in [-0.25, -0.2) is 4.99 Å². The number of aliphatic imine (C=N–C) groups is 1. The average Bonchev–Trinajstić information content (AvgIpc) is 3.05. The van der Waals surface area contributed by atoms with Crippen molar-refractivity contribution in [1.29, 1.82) is 0 Å². The van der Waals surface area contributed by atoms with Gasteiger partial charge in [-0.15, -0.1) is 10.2 Å². The highest BCUT2D eigenvalue weighted by Crippen LogP contribution is 2.18. The Morgan fingerprint density at radius 1 is 1.26 bits per heavy atom. The van der Waals surface area contributed by atoms with Crippen molar-refractivity contribution >= 4 is 5.96 Å². The number of rotatable bonds is 4. The molecule has 3 rings (SSSR count). The third kappa shape index (κ3) is 3.52. The van der Waals surface area contributed by atoms with Crippen LogP contribution >= 0.6 is 0 Å². The van der Waals surface area contributed by atoms with Crippen LogP contribution in [0.15, 0.2) is 35.6 Å². The quantitative estimate of drug-likeness (QED) is 0.691. The molecule has 6 heteroatoms. The van der Waals surface area contributed by atoms with E-state index in [2.05, 4.69) is 58.5 Å². The molecule has 0 amide bonds. The first-order chi connectivity index (χ1) is 11.3. The molecule has 0 unspecified atom stereocenters. The molecule has 122 valence electrons. The Labute approximate surface area is 137 Å². The first-order valence-electron chi connectivity index (χ1n) is 8.28. The van der Waals surface area contributed by atoms with Crippen LogP contribution in [-0.2, 0) is 26.1 Å². The second-order valence-electron chi connectivity index (χ2n) is 5.64. The summed E-state index contributed by atoms with van der Waals surface area (Å²) in [7, 11) is 0. The van der Waals surface area contributed by atoms with Crippen LogP contribution in [0, 0.1) is 0 Å². The van der Waals surface area contributed by atoms with Gasteiger partial charge in [0.2, 0.25) is 0 Å². The number of hydrogen-bond acceptors (Lipinski definition) is 3. The molecule has 6 nitrogen and oxygen atoms in total. The predicted molar refractivity (Wildman–Crippen MR) is 91.1 cm³/mol. The number of aryl methyl sites for hydroxylation is 1. The number of fused-ring (bicyclic) bond motifs is 1. The van der Waals surface area contributed by atoms with Gasteiger partial charge in [-0.1, -0.05) is 24.3 Å². The van der Waals surface area contributed by atoms with Crippen molar-refractivity contribution in [2.24, 2.45) is 4.99 Å². The third-order valence-electron chi connectivity index (χ3n) is 4.17. The summed E-state index contributed by atoms with van der Waals surface area (Å²) < 4.78 is 2.03. The van der Waals surface area contributed by atoms with Crippen molar-refractivity contribution in [1.82, 2.24) is 25.0 Å². The van der Waals surface area contributed by atoms with Crippen LogP contribution in [0.3, 0.4) is 0 Å². The molecule has 0 spiro atoms. The van der Waals surface area contributed by atoms with Crippen molar-refractivity contribution in [2.75, 3.05) is 13.1 Å². The molecule has 0 saturated carbocycles. The van der Waals surface area contributed by atoms with Crippen molar-refractivity contribution in [2.45, 2.75) is 39.9 Å². The van der Waals surface area contributed by atoms with E-state index >= 15 is 0 Å². The Kier molecular flexibility index (Phi) is 4.90. The first-order valence-corrected chi connectivity index (χ1v) is 8.28. The van der Waals surface area contributed by atoms with Gasteiger partial charge in [-0.05, 0) is 31.4 Å². The number of nitrogens with zero attached hydrogens (tertiary/aromatic N) is 5. The summed E-state index contributed by atoms with van der Waals surface area (Å²) in [4.78, 5) is 7.09. The van der Waals surface area contributed by atoms with E-state index in [4.69, 9.17) is 4.99 Å². The number of aromatic nitrogens is 3. The monoisotopic (exact) mass is 312 g/mol. The summed E-state index contributed by atoms with van der Waals surface area (Å²) in [5.41, 5.74) is 2.84. The lowest BCUT2D eigenvalue weighted by Gasteiger charge is -2.31. The van der Waals surface area contributed by atoms with Crippen molar-refractivity contribution in [3.8, 4) is 0 Å². The first kappa shape index (κ1) is 15.5. The minimum atomic E-state index is 0.550. The minimum absolute atomic E-state index is 0.550. The predicted octanol–water partition coefficient (Wildman–Crippen LogP) is 1.82. The van der Waals surface area contributed by atoms with E-state index in [1.807, 2.05) is 4.57 Å². The van der Waals surface area contributed by atoms with Gasteiger partial charge in [-0.2, -0.15) is 0 Å². The van der Waals surface area contributed by atoms with Gasteiger partial charge in [0, 0.05) is 26.2 Å². The van der Waals surface area contributed by atoms with Crippen LogP contribution in [0.25, 0.3) is 0 Å². The Morgan fingerprint density at radius 2 is 2.09 bits per heavy atom. The minimum Gasteiger partial charge on any atom is -0.356 e. The van der Waals surface area contributed by atoms with Crippen LogP contribution in [0.5, 0.6) is 0 Å². The maximum absolute atomic E-state index is 4.77. The highest BCUT2D eigenvalue weighted by molar-refractivity contribution is 5.80. The molecule has 1 aliphatic rings. The van der Waals surface area contributed by atoms with Crippen molar-refractivity contribution < 1.29 is 0 Å². The molecule has 0 fully saturated rings. The topological polar surface area (TPSA) is 58.3 Å². The molecule has 2 aromatic rings. The van der Waals surface area contributed by atoms with Gasteiger partial charge in [-0.3, -0.25) is 0 Å². The zero-order chi connectivity index (χ0) is 16.1. The molecule has 2 heterocycles. The lowest BCUT2D eigenvalue weighted by Crippen LogP contribution is -2.44. The summed E-state index contributed by atoms with van der Waals surface area (Å²) in [6, 6.07) is 8.65. The molecule has 1 aromatic heterocycles. The van der Waals surface area contributed by atoms with Gasteiger partial charge in [0.1, 0.15) is 12.9 Å². The van der Waals surface area contributed by atoms with E-state index in [-0.39, 0.29) is 0 Å². The maximum atomic E-state index is 4.77. The van der Waals surface area contributed by atoms with Crippen LogP contribution in [0.4, 0.5) is 0 Å². The van der Waals surface area contributed by atoms with Crippen molar-refractivity contribution in [3.63, 3.8) is 0 Å². The molecule has 0 radical (unpaired) electrons. The molecule has 0 bridgehead atoms. The fraction of sp³-hybridized carbons (Fsp3) is 0.471. The van der Waals surface area contributed by atoms with E-state index in [1.165, 1.54) is 11.1 Å². The van der Waals surface area contributed by atoms with Crippen LogP contribution in [0.2, 0.25) is 0 Å². The summed E-state index contributed by atoms with van der Waals surface area (Å²) >= 11 is 0. The number of guanidine groups is 1. The van der Waals surface area contributed by atoms with E-state index in [0.717, 1.165) is 44.4 Å². The lowest BCUT2D eigenvalue weighted by atomic mass is 10.0. The molecule has 1 aromatic carbocycles. The molecule has 1 N–H and O–H groups in total. The number of benzene rings is 1. The maximum Gasteiger partial charge on any atom is 0.194 e. The second kappa shape index (κ2) is 7.26. The standard InChI is InChI=1S/C17H24N6/c1-3-18-17(19-11-16-21-20-13-22(16)4-2)23-10-9-14-7-5-6-8-15(14)12-23/h5-8,13H,3-4,9-12H2,1-2H3,(H,18,19). The zero-order valence-electron chi connectivity index (χ0n) is 13.9. The summed E-state index contributed by atoms with van der Waals surface area (Å²) in [5.74, 6) is 1.85. The van der Waals surface area contributed by atoms with Gasteiger partial charge in [0.15, 0.2) is 11.8 Å². The van der Waals surface area contributed by atoms with Gasteiger partial charge < -0.3 is 14.8 Å². The highest BCUT2D eigenvalue weighted by atomic mass is 15.3. The fourth-order valence-corrected chi connectivity index (χ4v) is 2.91. The molecular formula is C17H24N6. The van der Waals surface area contributed by atoms with Crippen LogP contribution in [0.1, 0.15) is 30.8 Å². The Morgan fingerprint density at radius 3 is 2.87 bits per heavy atom. The molecule has 23 heavy (non-hydrogen) atoms. The Bertz CT molecular complexity index is 675. The van der Waals surface area contributed by atoms with Crippen molar-refractivity contribution in [3.05, 3.63) is 47.5 Å². The normalized spacial score (nSPS) is 14.7. The molecule has 0 atom stereocenters. The van der Waals surface area contributed by atoms with Crippen LogP contribution < -0.4 is 5.32 Å². The third-order valence-corrected chi connectivity index (χ3v) is 4.17. The lowest BCUT2D eigenvalue weighted by molar-refractivity contribution is 0.378. The van der Waals surface area contributed by atoms with Gasteiger partial charge >= 0.3 is 0 Å². The number of hydrogen-bond donors (Lipinski definition) is 1. The van der Waals surface area contributed by atoms with Gasteiger partial charge in [0.25, 0.3) is 0 Å². The van der Waals surface area contributed by atoms with Gasteiger partial charge in [0.05, 0.1) is 0 Å². The number of nitrogens with one attached hydrogen (secondary N) is 1. The second-order valence-corrected chi connectivity index (χ2v) is 5.64. The zero-order valence-corrected chi connectivity index (χ0v) is 13.9. The molecule has 0 saturated heterocycles. The summed E-state index contributed by atoms with van der Waals surface area (Å²) in [6.07, 6.45) is 2.82. The SMILES string of the molecule is CCNC(=NCc1nncn1CC)N1CCc2ccccc2C1. The molecule has 1 aliphatic heterocycles. The van der Waals surface area contributed by atoms with E-state index in [1.54, 1.807) is 6.33 Å². The van der Waals surface area contributed by atoms with E-state index in [0.29, 0.717) is 6.54 Å². The largest absolute Gasteiger partial charge is 0.356 e. The Balaban J connectivity index is 1.75. The molecule has 0 aliphatic carbocycles. The highest BCUT2D eigenvalue weighted by Gasteiger charge is 2.18. The summed E-state index contributed by atoms with van der Waals surface area (Å²) in [5, 5.41) is 11.5. The fourth-order valence-electron chi connectivity index (χ4n) is 2.91. The van der Waals surface area contributed by atoms with E-state index < -0.39 is 0 Å². The van der Waals surface area contributed by atoms with E-state index in [9.17, 15) is 0 Å². The smallest absolute Gasteiger partial charge is 0.194 e. The average molecular weight is 312 g/mol.